The van der Waals surface area contributed by atoms with Crippen LogP contribution >= 0.6 is 19.8 Å². The molecule has 0 spiro atoms. The first-order valence-electron chi connectivity index (χ1n) is 4.60. The molecule has 5 heteroatoms. The van der Waals surface area contributed by atoms with Crippen molar-refractivity contribution >= 4 is 24.4 Å². The molecule has 84 valence electrons. The van der Waals surface area contributed by atoms with Crippen molar-refractivity contribution < 1.29 is 13.9 Å². The lowest BCUT2D eigenvalue weighted by molar-refractivity contribution is -0.860. The maximum Gasteiger partial charge on any atom is 0.238 e. The lowest BCUT2D eigenvalue weighted by Crippen LogP contribution is -2.38. The number of thioether (sulfide) groups is 1. The lowest BCUT2D eigenvalue weighted by Gasteiger charge is -2.23. The molecule has 0 aliphatic rings. The van der Waals surface area contributed by atoms with Crippen LogP contribution in [-0.2, 0) is 4.52 Å². The van der Waals surface area contributed by atoms with Gasteiger partial charge in [0.05, 0.1) is 21.1 Å². The Labute approximate surface area is 92.6 Å². The van der Waals surface area contributed by atoms with E-state index in [0.717, 1.165) is 15.7 Å². The first-order valence-corrected chi connectivity index (χ1v) is 7.01. The van der Waals surface area contributed by atoms with E-state index in [1.165, 1.54) is 11.8 Å². The van der Waals surface area contributed by atoms with Crippen molar-refractivity contribution in [2.45, 2.75) is 20.0 Å². The molecule has 0 N–H and O–H groups in total. The Hall–Kier alpha value is 0.400. The lowest BCUT2D eigenvalue weighted by atomic mass is 10.5. The van der Waals surface area contributed by atoms with Crippen LogP contribution < -0.4 is 4.89 Å². The van der Waals surface area contributed by atoms with E-state index in [9.17, 15) is 4.89 Å². The van der Waals surface area contributed by atoms with Crippen molar-refractivity contribution in [1.29, 1.82) is 0 Å². The minimum absolute atomic E-state index is 0.0215. The summed E-state index contributed by atoms with van der Waals surface area (Å²) in [7, 11) is 4.60. The quantitative estimate of drug-likeness (QED) is 0.534. The second-order valence-electron chi connectivity index (χ2n) is 4.46. The van der Waals surface area contributed by atoms with Gasteiger partial charge in [-0.05, 0) is 20.1 Å². The molecule has 0 heterocycles. The van der Waals surface area contributed by atoms with E-state index in [4.69, 9.17) is 4.52 Å². The molecular formula is C9H21NO2PS+. The number of nitrogens with zero attached hydrogens (tertiary/aromatic N) is 1. The molecule has 0 saturated heterocycles. The van der Waals surface area contributed by atoms with Gasteiger partial charge in [-0.2, -0.15) is 4.52 Å². The molecule has 0 aromatic carbocycles. The Morgan fingerprint density at radius 3 is 2.21 bits per heavy atom. The van der Waals surface area contributed by atoms with E-state index in [2.05, 4.69) is 21.1 Å². The van der Waals surface area contributed by atoms with E-state index >= 15 is 0 Å². The Balaban J connectivity index is 4.51. The molecular weight excluding hydrogens is 217 g/mol. The molecule has 0 saturated carbocycles. The van der Waals surface area contributed by atoms with Crippen LogP contribution in [0.1, 0.15) is 13.8 Å². The fourth-order valence-corrected chi connectivity index (χ4v) is 3.13. The maximum absolute atomic E-state index is 11.7. The Morgan fingerprint density at radius 2 is 1.93 bits per heavy atom. The van der Waals surface area contributed by atoms with Crippen LogP contribution in [0.2, 0.25) is 0 Å². The summed E-state index contributed by atoms with van der Waals surface area (Å²) < 4.78 is 7.00. The second kappa shape index (κ2) is 6.09. The number of quaternary nitrogens is 1. The van der Waals surface area contributed by atoms with E-state index in [-0.39, 0.29) is 6.10 Å². The molecule has 0 rings (SSSR count). The van der Waals surface area contributed by atoms with Crippen molar-refractivity contribution in [3.05, 3.63) is 0 Å². The van der Waals surface area contributed by atoms with Crippen LogP contribution in [0.5, 0.6) is 0 Å². The number of hydrogen-bond acceptors (Lipinski definition) is 3. The second-order valence-corrected chi connectivity index (χ2v) is 6.93. The van der Waals surface area contributed by atoms with Gasteiger partial charge in [0.1, 0.15) is 6.10 Å². The highest BCUT2D eigenvalue weighted by Gasteiger charge is 2.20. The van der Waals surface area contributed by atoms with Gasteiger partial charge in [0.15, 0.2) is 6.54 Å². The van der Waals surface area contributed by atoms with E-state index in [0.29, 0.717) is 0 Å². The molecule has 0 radical (unpaired) electrons. The molecule has 0 aromatic heterocycles. The number of rotatable bonds is 5. The highest BCUT2D eigenvalue weighted by molar-refractivity contribution is 8.18. The maximum atomic E-state index is 11.7. The first kappa shape index (κ1) is 14.4. The molecule has 0 aromatic rings. The zero-order valence-corrected chi connectivity index (χ0v) is 11.6. The summed E-state index contributed by atoms with van der Waals surface area (Å²) in [5, 5.41) is 0. The normalized spacial score (nSPS) is 14.6. The summed E-state index contributed by atoms with van der Waals surface area (Å²) in [6.45, 7) is 4.58. The van der Waals surface area contributed by atoms with Crippen LogP contribution in [0.25, 0.3) is 0 Å². The summed E-state index contributed by atoms with van der Waals surface area (Å²) in [4.78, 5) is 11.7. The minimum Gasteiger partial charge on any atom is -0.602 e. The fraction of sp³-hybridized carbons (Fsp3) is 0.889. The molecule has 0 bridgehead atoms. The minimum atomic E-state index is -1.63. The van der Waals surface area contributed by atoms with Gasteiger partial charge in [-0.25, -0.2) is 0 Å². The van der Waals surface area contributed by atoms with E-state index in [1.807, 2.05) is 20.1 Å². The van der Waals surface area contributed by atoms with Crippen LogP contribution in [0.4, 0.5) is 0 Å². The van der Waals surface area contributed by atoms with Gasteiger partial charge in [0.25, 0.3) is 0 Å². The van der Waals surface area contributed by atoms with Crippen LogP contribution in [-0.4, -0.2) is 49.2 Å². The van der Waals surface area contributed by atoms with Gasteiger partial charge in [0, 0.05) is 0 Å². The standard InChI is InChI=1S/C9H21NO2PS/c1-8(2)12-13(11)9(14-6)7-10(3,4)5/h8H,7H2,1-6H3/q+1. The molecule has 1 atom stereocenters. The largest absolute Gasteiger partial charge is 0.602 e. The summed E-state index contributed by atoms with van der Waals surface area (Å²) in [5.74, 6) is 0. The van der Waals surface area contributed by atoms with Crippen molar-refractivity contribution in [3.63, 3.8) is 0 Å². The van der Waals surface area contributed by atoms with Crippen LogP contribution in [0.15, 0.2) is 0 Å². The topological polar surface area (TPSA) is 32.3 Å². The average Bonchev–Trinajstić information content (AvgIpc) is 1.96. The zero-order chi connectivity index (χ0) is 11.4. The molecule has 0 fully saturated rings. The van der Waals surface area contributed by atoms with E-state index < -0.39 is 8.00 Å². The Morgan fingerprint density at radius 1 is 1.43 bits per heavy atom. The van der Waals surface area contributed by atoms with Gasteiger partial charge >= 0.3 is 0 Å². The van der Waals surface area contributed by atoms with Crippen LogP contribution in [0.3, 0.4) is 0 Å². The molecule has 0 aliphatic carbocycles. The molecule has 3 nitrogen and oxygen atoms in total. The highest BCUT2D eigenvalue weighted by atomic mass is 32.2. The smallest absolute Gasteiger partial charge is 0.238 e. The molecule has 14 heavy (non-hydrogen) atoms. The van der Waals surface area contributed by atoms with Crippen molar-refractivity contribution in [3.8, 4) is 0 Å². The zero-order valence-electron chi connectivity index (χ0n) is 9.90. The SMILES string of the molecule is CSC(C[N+](C)(C)C)=[P+]([O-])OC(C)C. The monoisotopic (exact) mass is 238 g/mol. The van der Waals surface area contributed by atoms with Crippen molar-refractivity contribution in [2.24, 2.45) is 0 Å². The predicted octanol–water partition coefficient (Wildman–Crippen LogP) is 1.28. The van der Waals surface area contributed by atoms with E-state index in [1.54, 1.807) is 0 Å². The summed E-state index contributed by atoms with van der Waals surface area (Å²) in [5.41, 5.74) is 0. The summed E-state index contributed by atoms with van der Waals surface area (Å²) in [6.07, 6.45) is 1.97. The fourth-order valence-electron chi connectivity index (χ4n) is 0.853. The third-order valence-electron chi connectivity index (χ3n) is 1.36. The molecule has 1 unspecified atom stereocenters. The third kappa shape index (κ3) is 6.80. The first-order chi connectivity index (χ1) is 6.26. The highest BCUT2D eigenvalue weighted by Crippen LogP contribution is 2.24. The average molecular weight is 238 g/mol. The molecule has 0 amide bonds. The predicted molar refractivity (Wildman–Crippen MR) is 64.6 cm³/mol. The van der Waals surface area contributed by atoms with Crippen molar-refractivity contribution in [1.82, 2.24) is 0 Å². The van der Waals surface area contributed by atoms with Gasteiger partial charge in [-0.3, -0.25) is 0 Å². The van der Waals surface area contributed by atoms with Gasteiger partial charge < -0.3 is 9.38 Å². The summed E-state index contributed by atoms with van der Waals surface area (Å²) >= 11 is 1.54. The van der Waals surface area contributed by atoms with Crippen LogP contribution in [0, 0.1) is 0 Å². The summed E-state index contributed by atoms with van der Waals surface area (Å²) in [6, 6.07) is 0. The number of hydrogen-bond donors (Lipinski definition) is 0. The molecule has 0 aliphatic heterocycles. The Kier molecular flexibility index (Phi) is 6.26. The van der Waals surface area contributed by atoms with Gasteiger partial charge in [0.2, 0.25) is 12.6 Å². The van der Waals surface area contributed by atoms with Crippen molar-refractivity contribution in [2.75, 3.05) is 33.9 Å². The Bertz CT molecular complexity index is 211. The van der Waals surface area contributed by atoms with Gasteiger partial charge in [-0.15, -0.1) is 0 Å². The third-order valence-corrected chi connectivity index (χ3v) is 4.11. The van der Waals surface area contributed by atoms with Gasteiger partial charge in [-0.1, -0.05) is 11.8 Å².